The van der Waals surface area contributed by atoms with Gasteiger partial charge in [0.05, 0.1) is 5.56 Å². The third-order valence-corrected chi connectivity index (χ3v) is 3.20. The minimum atomic E-state index is -0.861. The minimum absolute atomic E-state index is 0.380. The van der Waals surface area contributed by atoms with Gasteiger partial charge in [-0.15, -0.1) is 9.24 Å². The Morgan fingerprint density at radius 2 is 2.20 bits per heavy atom. The molecule has 0 heterocycles. The highest BCUT2D eigenvalue weighted by Crippen LogP contribution is 2.27. The van der Waals surface area contributed by atoms with E-state index in [-0.39, 0.29) is 0 Å². The fraction of sp³-hybridized carbons (Fsp3) is 0.250. The Labute approximate surface area is 91.2 Å². The molecule has 0 fully saturated rings. The van der Waals surface area contributed by atoms with Gasteiger partial charge in [-0.3, -0.25) is 0 Å². The zero-order chi connectivity index (χ0) is 10.8. The van der Waals surface area contributed by atoms with Crippen molar-refractivity contribution in [1.29, 1.82) is 0 Å². The lowest BCUT2D eigenvalue weighted by atomic mass is 10.0. The number of carboxylic acids is 1. The SMILES string of the molecule is O=C(O)c1cc(C2=CCCC2)ccc1P. The van der Waals surface area contributed by atoms with E-state index in [4.69, 9.17) is 5.11 Å². The lowest BCUT2D eigenvalue weighted by Crippen LogP contribution is -2.09. The van der Waals surface area contributed by atoms with Crippen LogP contribution in [0, 0.1) is 0 Å². The molecule has 1 aliphatic carbocycles. The van der Waals surface area contributed by atoms with Gasteiger partial charge < -0.3 is 5.11 Å². The molecule has 1 aromatic carbocycles. The second kappa shape index (κ2) is 4.16. The number of hydrogen-bond donors (Lipinski definition) is 1. The van der Waals surface area contributed by atoms with Crippen LogP contribution in [0.3, 0.4) is 0 Å². The van der Waals surface area contributed by atoms with Gasteiger partial charge in [0.25, 0.3) is 0 Å². The van der Waals surface area contributed by atoms with Gasteiger partial charge >= 0.3 is 5.97 Å². The first kappa shape index (κ1) is 10.4. The third-order valence-electron chi connectivity index (χ3n) is 2.70. The van der Waals surface area contributed by atoms with Crippen molar-refractivity contribution >= 4 is 26.1 Å². The van der Waals surface area contributed by atoms with Crippen LogP contribution in [-0.2, 0) is 0 Å². The minimum Gasteiger partial charge on any atom is -0.478 e. The molecule has 0 aliphatic heterocycles. The average Bonchev–Trinajstić information content (AvgIpc) is 2.71. The van der Waals surface area contributed by atoms with Crippen LogP contribution >= 0.6 is 9.24 Å². The van der Waals surface area contributed by atoms with Crippen molar-refractivity contribution in [3.63, 3.8) is 0 Å². The van der Waals surface area contributed by atoms with Crippen LogP contribution in [0.15, 0.2) is 24.3 Å². The molecule has 1 aromatic rings. The van der Waals surface area contributed by atoms with Crippen molar-refractivity contribution in [2.45, 2.75) is 19.3 Å². The van der Waals surface area contributed by atoms with E-state index >= 15 is 0 Å². The summed E-state index contributed by atoms with van der Waals surface area (Å²) in [5, 5.41) is 9.74. The molecule has 1 N–H and O–H groups in total. The quantitative estimate of drug-likeness (QED) is 0.777. The summed E-state index contributed by atoms with van der Waals surface area (Å²) in [6.45, 7) is 0. The van der Waals surface area contributed by atoms with Crippen LogP contribution in [0.1, 0.15) is 35.2 Å². The summed E-state index contributed by atoms with van der Waals surface area (Å²) in [6.07, 6.45) is 5.55. The predicted octanol–water partition coefficient (Wildman–Crippen LogP) is 2.45. The van der Waals surface area contributed by atoms with Crippen LogP contribution in [0.4, 0.5) is 0 Å². The third kappa shape index (κ3) is 2.10. The molecule has 2 nitrogen and oxygen atoms in total. The zero-order valence-electron chi connectivity index (χ0n) is 8.36. The Bertz CT molecular complexity index is 435. The predicted molar refractivity (Wildman–Crippen MR) is 64.6 cm³/mol. The van der Waals surface area contributed by atoms with Gasteiger partial charge in [0.1, 0.15) is 0 Å². The summed E-state index contributed by atoms with van der Waals surface area (Å²) < 4.78 is 0. The van der Waals surface area contributed by atoms with Gasteiger partial charge in [-0.05, 0) is 41.8 Å². The molecule has 0 radical (unpaired) electrons. The Balaban J connectivity index is 2.42. The molecule has 78 valence electrons. The van der Waals surface area contributed by atoms with Gasteiger partial charge in [-0.1, -0.05) is 18.2 Å². The standard InChI is InChI=1S/C12H13O2P/c13-12(14)10-7-9(5-6-11(10)15)8-3-1-2-4-8/h3,5-7H,1-2,4,15H2,(H,13,14). The highest BCUT2D eigenvalue weighted by molar-refractivity contribution is 7.27. The Hall–Kier alpha value is -1.14. The molecule has 3 heteroatoms. The van der Waals surface area contributed by atoms with Crippen molar-refractivity contribution in [1.82, 2.24) is 0 Å². The van der Waals surface area contributed by atoms with Crippen molar-refractivity contribution in [3.8, 4) is 0 Å². The molecular weight excluding hydrogens is 207 g/mol. The molecule has 1 aliphatic rings. The summed E-state index contributed by atoms with van der Waals surface area (Å²) in [4.78, 5) is 11.0. The maximum absolute atomic E-state index is 11.0. The number of benzene rings is 1. The van der Waals surface area contributed by atoms with Crippen molar-refractivity contribution in [2.24, 2.45) is 0 Å². The highest BCUT2D eigenvalue weighted by atomic mass is 31.0. The normalized spacial score (nSPS) is 15.1. The fourth-order valence-electron chi connectivity index (χ4n) is 1.87. The number of hydrogen-bond acceptors (Lipinski definition) is 1. The first-order valence-electron chi connectivity index (χ1n) is 5.00. The first-order chi connectivity index (χ1) is 7.18. The summed E-state index contributed by atoms with van der Waals surface area (Å²) in [7, 11) is 2.46. The Morgan fingerprint density at radius 1 is 1.40 bits per heavy atom. The van der Waals surface area contributed by atoms with E-state index in [1.54, 1.807) is 6.07 Å². The lowest BCUT2D eigenvalue weighted by Gasteiger charge is -2.06. The van der Waals surface area contributed by atoms with Gasteiger partial charge in [0.2, 0.25) is 0 Å². The molecule has 2 rings (SSSR count). The molecule has 0 saturated carbocycles. The molecule has 0 amide bonds. The summed E-state index contributed by atoms with van der Waals surface area (Å²) in [5.74, 6) is -0.861. The summed E-state index contributed by atoms with van der Waals surface area (Å²) in [5.41, 5.74) is 2.71. The number of allylic oxidation sites excluding steroid dienone is 2. The first-order valence-corrected chi connectivity index (χ1v) is 5.58. The second-order valence-electron chi connectivity index (χ2n) is 3.73. The monoisotopic (exact) mass is 220 g/mol. The zero-order valence-corrected chi connectivity index (χ0v) is 9.52. The van der Waals surface area contributed by atoms with Crippen molar-refractivity contribution in [3.05, 3.63) is 35.4 Å². The van der Waals surface area contributed by atoms with Gasteiger partial charge in [0.15, 0.2) is 0 Å². The Morgan fingerprint density at radius 3 is 2.80 bits per heavy atom. The van der Waals surface area contributed by atoms with E-state index in [1.807, 2.05) is 12.1 Å². The van der Waals surface area contributed by atoms with Crippen LogP contribution < -0.4 is 5.30 Å². The topological polar surface area (TPSA) is 37.3 Å². The number of rotatable bonds is 2. The molecule has 1 atom stereocenters. The van der Waals surface area contributed by atoms with Crippen LogP contribution in [-0.4, -0.2) is 11.1 Å². The van der Waals surface area contributed by atoms with Crippen LogP contribution in [0.2, 0.25) is 0 Å². The molecule has 0 aromatic heterocycles. The maximum atomic E-state index is 11.0. The molecule has 0 spiro atoms. The Kier molecular flexibility index (Phi) is 2.88. The van der Waals surface area contributed by atoms with E-state index in [1.165, 1.54) is 12.0 Å². The van der Waals surface area contributed by atoms with E-state index in [0.717, 1.165) is 23.7 Å². The average molecular weight is 220 g/mol. The van der Waals surface area contributed by atoms with E-state index in [2.05, 4.69) is 15.3 Å². The largest absolute Gasteiger partial charge is 0.478 e. The van der Waals surface area contributed by atoms with Crippen LogP contribution in [0.5, 0.6) is 0 Å². The van der Waals surface area contributed by atoms with E-state index < -0.39 is 5.97 Å². The summed E-state index contributed by atoms with van der Waals surface area (Å²) >= 11 is 0. The fourth-order valence-corrected chi connectivity index (χ4v) is 2.18. The van der Waals surface area contributed by atoms with Gasteiger partial charge in [-0.2, -0.15) is 0 Å². The van der Waals surface area contributed by atoms with E-state index in [0.29, 0.717) is 5.56 Å². The van der Waals surface area contributed by atoms with Gasteiger partial charge in [-0.25, -0.2) is 4.79 Å². The molecule has 0 bridgehead atoms. The maximum Gasteiger partial charge on any atom is 0.336 e. The van der Waals surface area contributed by atoms with Crippen LogP contribution in [0.25, 0.3) is 5.57 Å². The highest BCUT2D eigenvalue weighted by Gasteiger charge is 2.12. The second-order valence-corrected chi connectivity index (χ2v) is 4.35. The summed E-state index contributed by atoms with van der Waals surface area (Å²) in [6, 6.07) is 5.61. The van der Waals surface area contributed by atoms with E-state index in [9.17, 15) is 4.79 Å². The molecule has 1 unspecified atom stereocenters. The molecule has 15 heavy (non-hydrogen) atoms. The lowest BCUT2D eigenvalue weighted by molar-refractivity contribution is 0.0698. The number of carbonyl (C=O) groups is 1. The number of carboxylic acid groups (broad SMARTS) is 1. The van der Waals surface area contributed by atoms with Crippen molar-refractivity contribution < 1.29 is 9.90 Å². The van der Waals surface area contributed by atoms with Crippen molar-refractivity contribution in [2.75, 3.05) is 0 Å². The molecule has 0 saturated heterocycles. The molecular formula is C12H13O2P. The smallest absolute Gasteiger partial charge is 0.336 e. The van der Waals surface area contributed by atoms with Gasteiger partial charge in [0, 0.05) is 0 Å². The number of aromatic carboxylic acids is 1.